The van der Waals surface area contributed by atoms with Gasteiger partial charge in [0, 0.05) is 24.3 Å². The minimum absolute atomic E-state index is 0.106. The Kier molecular flexibility index (Phi) is 9.21. The zero-order valence-corrected chi connectivity index (χ0v) is 22.4. The van der Waals surface area contributed by atoms with Crippen molar-refractivity contribution >= 4 is 47.3 Å². The number of nitro groups is 2. The normalized spacial score (nSPS) is 17.1. The van der Waals surface area contributed by atoms with Crippen LogP contribution in [0.1, 0.15) is 17.5 Å². The van der Waals surface area contributed by atoms with Crippen LogP contribution < -0.4 is 5.73 Å². The second kappa shape index (κ2) is 13.0. The summed E-state index contributed by atoms with van der Waals surface area (Å²) in [5.41, 5.74) is 5.68. The van der Waals surface area contributed by atoms with Gasteiger partial charge in [-0.25, -0.2) is 14.4 Å². The number of esters is 1. The summed E-state index contributed by atoms with van der Waals surface area (Å²) in [5.74, 6) is -1.95. The summed E-state index contributed by atoms with van der Waals surface area (Å²) in [6.45, 7) is -0.960. The van der Waals surface area contributed by atoms with E-state index < -0.39 is 45.3 Å². The molecular formula is C25H22N4O12S. The van der Waals surface area contributed by atoms with Crippen molar-refractivity contribution in [3.63, 3.8) is 0 Å². The predicted molar refractivity (Wildman–Crippen MR) is 141 cm³/mol. The quantitative estimate of drug-likeness (QED) is 0.121. The first-order chi connectivity index (χ1) is 20.0. The van der Waals surface area contributed by atoms with Crippen LogP contribution in [0.5, 0.6) is 0 Å². The molecule has 0 aromatic heterocycles. The van der Waals surface area contributed by atoms with E-state index in [1.165, 1.54) is 53.4 Å². The number of amides is 2. The molecule has 17 heteroatoms. The Balaban J connectivity index is 1.29. The van der Waals surface area contributed by atoms with Crippen LogP contribution in [0.3, 0.4) is 0 Å². The van der Waals surface area contributed by atoms with Crippen LogP contribution in [-0.2, 0) is 41.8 Å². The molecule has 0 saturated carbocycles. The van der Waals surface area contributed by atoms with Crippen LogP contribution in [0.25, 0.3) is 0 Å². The van der Waals surface area contributed by atoms with Crippen molar-refractivity contribution in [3.8, 4) is 0 Å². The summed E-state index contributed by atoms with van der Waals surface area (Å²) in [6, 6.07) is 10.8. The standard InChI is InChI=1S/C25H22N4O12S/c26-24(32)40-13-19-20(23(31)39-11-14-1-5-16(6-2-14)28(34)35)27-21(30)18(22(27)42-19)9-10-38-25(33)41-12-15-3-7-17(8-4-15)29(36)37/h1-8,18,22H,9-13H2,(H2,26,32)/t18-,22+/m0/s1. The van der Waals surface area contributed by atoms with Crippen molar-refractivity contribution in [2.45, 2.75) is 25.0 Å². The number of carbonyl (C=O) groups excluding carboxylic acids is 4. The van der Waals surface area contributed by atoms with Crippen LogP contribution in [-0.4, -0.2) is 57.5 Å². The molecule has 2 atom stereocenters. The summed E-state index contributed by atoms with van der Waals surface area (Å²) in [7, 11) is 0. The number of benzene rings is 2. The zero-order chi connectivity index (χ0) is 30.4. The second-order valence-corrected chi connectivity index (χ2v) is 10.0. The maximum atomic E-state index is 12.9. The molecule has 0 bridgehead atoms. The average molecular weight is 603 g/mol. The maximum Gasteiger partial charge on any atom is 0.508 e. The van der Waals surface area contributed by atoms with Crippen molar-refractivity contribution in [1.82, 2.24) is 4.90 Å². The van der Waals surface area contributed by atoms with E-state index in [9.17, 15) is 39.4 Å². The number of fused-ring (bicyclic) bond motifs is 1. The third kappa shape index (κ3) is 6.92. The van der Waals surface area contributed by atoms with E-state index in [1.807, 2.05) is 0 Å². The monoisotopic (exact) mass is 602 g/mol. The molecule has 2 aliphatic rings. The van der Waals surface area contributed by atoms with E-state index in [2.05, 4.69) is 0 Å². The minimum Gasteiger partial charge on any atom is -0.456 e. The molecule has 2 aliphatic heterocycles. The van der Waals surface area contributed by atoms with Crippen molar-refractivity contribution in [1.29, 1.82) is 0 Å². The van der Waals surface area contributed by atoms with Gasteiger partial charge in [0.25, 0.3) is 11.4 Å². The molecule has 0 aliphatic carbocycles. The summed E-state index contributed by atoms with van der Waals surface area (Å²) >= 11 is 1.10. The summed E-state index contributed by atoms with van der Waals surface area (Å²) in [4.78, 5) is 70.9. The maximum absolute atomic E-state index is 12.9. The molecule has 2 amide bonds. The van der Waals surface area contributed by atoms with Crippen LogP contribution in [0.2, 0.25) is 0 Å². The van der Waals surface area contributed by atoms with Crippen LogP contribution >= 0.6 is 11.8 Å². The van der Waals surface area contributed by atoms with Gasteiger partial charge in [0.1, 0.15) is 25.5 Å². The van der Waals surface area contributed by atoms with Gasteiger partial charge in [0.05, 0.1) is 32.7 Å². The van der Waals surface area contributed by atoms with E-state index >= 15 is 0 Å². The predicted octanol–water partition coefficient (Wildman–Crippen LogP) is 3.13. The van der Waals surface area contributed by atoms with E-state index in [-0.39, 0.29) is 54.8 Å². The fourth-order valence-corrected chi connectivity index (χ4v) is 5.49. The number of carbonyl (C=O) groups is 4. The highest BCUT2D eigenvalue weighted by molar-refractivity contribution is 8.04. The topological polar surface area (TPSA) is 221 Å². The van der Waals surface area contributed by atoms with Gasteiger partial charge < -0.3 is 24.7 Å². The first-order valence-corrected chi connectivity index (χ1v) is 13.0. The molecule has 4 rings (SSSR count). The average Bonchev–Trinajstić information content (AvgIpc) is 3.31. The number of β-lactam (4-membered cyclic amide) rings is 1. The highest BCUT2D eigenvalue weighted by Crippen LogP contribution is 2.50. The highest BCUT2D eigenvalue weighted by atomic mass is 32.2. The molecule has 0 spiro atoms. The third-order valence-corrected chi connectivity index (χ3v) is 7.51. The summed E-state index contributed by atoms with van der Waals surface area (Å²) in [6.07, 6.45) is -1.98. The second-order valence-electron chi connectivity index (χ2n) is 8.80. The SMILES string of the molecule is NC(=O)OCC1=C(C(=O)OCc2ccc([N+](=O)[O-])cc2)N2C(=O)[C@H](CCOC(=O)OCc3ccc([N+](=O)[O-])cc3)[C@H]2S1. The van der Waals surface area contributed by atoms with Crippen molar-refractivity contribution < 1.29 is 48.0 Å². The lowest BCUT2D eigenvalue weighted by molar-refractivity contribution is -0.385. The minimum atomic E-state index is -1.08. The molecule has 2 heterocycles. The Hall–Kier alpha value is -5.19. The van der Waals surface area contributed by atoms with Gasteiger partial charge >= 0.3 is 18.2 Å². The molecule has 1 fully saturated rings. The molecule has 42 heavy (non-hydrogen) atoms. The first kappa shape index (κ1) is 29.8. The van der Waals surface area contributed by atoms with Crippen LogP contribution in [0, 0.1) is 26.1 Å². The van der Waals surface area contributed by atoms with Gasteiger partial charge in [-0.2, -0.15) is 0 Å². The third-order valence-electron chi connectivity index (χ3n) is 6.13. The fourth-order valence-electron chi connectivity index (χ4n) is 4.05. The number of nitrogens with zero attached hydrogens (tertiary/aromatic N) is 3. The Morgan fingerprint density at radius 3 is 1.90 bits per heavy atom. The Labute approximate surface area is 240 Å². The number of non-ortho nitro benzene ring substituents is 2. The number of nitrogens with two attached hydrogens (primary N) is 1. The lowest BCUT2D eigenvalue weighted by Gasteiger charge is -2.42. The van der Waals surface area contributed by atoms with Gasteiger partial charge in [-0.3, -0.25) is 29.9 Å². The largest absolute Gasteiger partial charge is 0.508 e. The van der Waals surface area contributed by atoms with Gasteiger partial charge in [-0.05, 0) is 41.8 Å². The highest BCUT2D eigenvalue weighted by Gasteiger charge is 2.56. The number of nitro benzene ring substituents is 2. The number of thioether (sulfide) groups is 1. The lowest BCUT2D eigenvalue weighted by atomic mass is 9.94. The molecule has 16 nitrogen and oxygen atoms in total. The summed E-state index contributed by atoms with van der Waals surface area (Å²) in [5, 5.41) is 21.0. The van der Waals surface area contributed by atoms with Crippen molar-refractivity contribution in [2.24, 2.45) is 11.7 Å². The van der Waals surface area contributed by atoms with Gasteiger partial charge in [0.15, 0.2) is 0 Å². The van der Waals surface area contributed by atoms with Gasteiger partial charge in [-0.15, -0.1) is 0 Å². The molecular weight excluding hydrogens is 580 g/mol. The molecule has 2 aromatic carbocycles. The Morgan fingerprint density at radius 1 is 0.833 bits per heavy atom. The molecule has 2 aromatic rings. The molecule has 0 unspecified atom stereocenters. The van der Waals surface area contributed by atoms with E-state index in [4.69, 9.17) is 24.7 Å². The number of ether oxygens (including phenoxy) is 4. The molecule has 2 N–H and O–H groups in total. The number of hydrogen-bond donors (Lipinski definition) is 1. The smallest absolute Gasteiger partial charge is 0.456 e. The van der Waals surface area contributed by atoms with Gasteiger partial charge in [0.2, 0.25) is 5.91 Å². The Morgan fingerprint density at radius 2 is 1.38 bits per heavy atom. The molecule has 0 radical (unpaired) electrons. The number of primary amides is 1. The number of rotatable bonds is 12. The van der Waals surface area contributed by atoms with E-state index in [1.54, 1.807) is 0 Å². The zero-order valence-electron chi connectivity index (χ0n) is 21.5. The lowest BCUT2D eigenvalue weighted by Crippen LogP contribution is -2.57. The van der Waals surface area contributed by atoms with E-state index in [0.717, 1.165) is 11.8 Å². The Bertz CT molecular complexity index is 1440. The van der Waals surface area contributed by atoms with Crippen molar-refractivity contribution in [3.05, 3.63) is 90.5 Å². The summed E-state index contributed by atoms with van der Waals surface area (Å²) < 4.78 is 20.2. The van der Waals surface area contributed by atoms with Gasteiger partial charge in [-0.1, -0.05) is 11.8 Å². The van der Waals surface area contributed by atoms with Crippen LogP contribution in [0.15, 0.2) is 59.1 Å². The van der Waals surface area contributed by atoms with E-state index in [0.29, 0.717) is 11.1 Å². The number of hydrogen-bond acceptors (Lipinski definition) is 13. The fraction of sp³-hybridized carbons (Fsp3) is 0.280. The molecule has 220 valence electrons. The van der Waals surface area contributed by atoms with Crippen LogP contribution in [0.4, 0.5) is 21.0 Å². The first-order valence-electron chi connectivity index (χ1n) is 12.1. The van der Waals surface area contributed by atoms with Crippen molar-refractivity contribution in [2.75, 3.05) is 13.2 Å². The molecule has 1 saturated heterocycles.